The van der Waals surface area contributed by atoms with Crippen molar-refractivity contribution in [2.45, 2.75) is 47.0 Å². The van der Waals surface area contributed by atoms with Gasteiger partial charge in [0.05, 0.1) is 0 Å². The number of aryl methyl sites for hydroxylation is 3. The van der Waals surface area contributed by atoms with Gasteiger partial charge >= 0.3 is 0 Å². The number of rotatable bonds is 2. The normalized spacial score (nSPS) is 16.4. The van der Waals surface area contributed by atoms with Crippen LogP contribution in [0, 0.1) is 13.8 Å². The molecule has 1 aliphatic carbocycles. The third-order valence-electron chi connectivity index (χ3n) is 4.97. The molecule has 0 nitrogen and oxygen atoms in total. The quantitative estimate of drug-likeness (QED) is 0.592. The molecule has 0 fully saturated rings. The molecule has 0 atom stereocenters. The summed E-state index contributed by atoms with van der Waals surface area (Å²) >= 11 is 0. The number of hydrogen-bond acceptors (Lipinski definition) is 0. The average molecular weight is 302 g/mol. The molecule has 0 aromatic heterocycles. The summed E-state index contributed by atoms with van der Waals surface area (Å²) in [6, 6.07) is 15.7. The highest BCUT2D eigenvalue weighted by Crippen LogP contribution is 2.36. The van der Waals surface area contributed by atoms with E-state index < -0.39 is 0 Å². The SMILES string of the molecule is CCC1=C(C)/C(=C\c2cccc(C)c2)c2cc(C)ccc2CC1. The summed E-state index contributed by atoms with van der Waals surface area (Å²) in [4.78, 5) is 0. The van der Waals surface area contributed by atoms with E-state index in [1.165, 1.54) is 45.4 Å². The Hall–Kier alpha value is -2.08. The highest BCUT2D eigenvalue weighted by molar-refractivity contribution is 5.93. The third-order valence-corrected chi connectivity index (χ3v) is 4.97. The fourth-order valence-electron chi connectivity index (χ4n) is 3.58. The van der Waals surface area contributed by atoms with Crippen LogP contribution in [-0.2, 0) is 6.42 Å². The molecule has 1 aliphatic rings. The fourth-order valence-corrected chi connectivity index (χ4v) is 3.58. The van der Waals surface area contributed by atoms with Gasteiger partial charge in [-0.15, -0.1) is 0 Å². The van der Waals surface area contributed by atoms with Crippen LogP contribution in [0.3, 0.4) is 0 Å². The second-order valence-corrected chi connectivity index (χ2v) is 6.71. The molecule has 0 unspecified atom stereocenters. The van der Waals surface area contributed by atoms with Crippen molar-refractivity contribution in [2.24, 2.45) is 0 Å². The Morgan fingerprint density at radius 2 is 1.70 bits per heavy atom. The van der Waals surface area contributed by atoms with Crippen LogP contribution < -0.4 is 0 Å². The first-order valence-electron chi connectivity index (χ1n) is 8.65. The first-order chi connectivity index (χ1) is 11.1. The van der Waals surface area contributed by atoms with Crippen LogP contribution in [0.5, 0.6) is 0 Å². The van der Waals surface area contributed by atoms with Gasteiger partial charge in [-0.25, -0.2) is 0 Å². The standard InChI is InChI=1S/C23H26/c1-5-20-11-12-21-10-9-17(3)14-23(21)22(18(20)4)15-19-8-6-7-16(2)13-19/h6-10,13-15H,5,11-12H2,1-4H3/b22-15+. The number of fused-ring (bicyclic) bond motifs is 1. The van der Waals surface area contributed by atoms with E-state index in [1.807, 2.05) is 0 Å². The van der Waals surface area contributed by atoms with Crippen molar-refractivity contribution in [3.8, 4) is 0 Å². The van der Waals surface area contributed by atoms with Crippen LogP contribution in [0.4, 0.5) is 0 Å². The van der Waals surface area contributed by atoms with Crippen LogP contribution in [-0.4, -0.2) is 0 Å². The molecule has 0 saturated carbocycles. The van der Waals surface area contributed by atoms with Crippen molar-refractivity contribution in [1.82, 2.24) is 0 Å². The average Bonchev–Trinajstić information content (AvgIpc) is 2.65. The molecule has 0 radical (unpaired) electrons. The van der Waals surface area contributed by atoms with Crippen LogP contribution in [0.1, 0.15) is 54.5 Å². The maximum absolute atomic E-state index is 2.38. The Labute approximate surface area is 140 Å². The summed E-state index contributed by atoms with van der Waals surface area (Å²) in [5.74, 6) is 0. The summed E-state index contributed by atoms with van der Waals surface area (Å²) in [6.45, 7) is 8.94. The maximum Gasteiger partial charge on any atom is -0.0146 e. The lowest BCUT2D eigenvalue weighted by molar-refractivity contribution is 0.881. The highest BCUT2D eigenvalue weighted by Gasteiger charge is 2.17. The van der Waals surface area contributed by atoms with Gasteiger partial charge in [0.25, 0.3) is 0 Å². The van der Waals surface area contributed by atoms with E-state index in [4.69, 9.17) is 0 Å². The van der Waals surface area contributed by atoms with Gasteiger partial charge in [-0.05, 0) is 73.9 Å². The van der Waals surface area contributed by atoms with Gasteiger partial charge in [0, 0.05) is 0 Å². The Balaban J connectivity index is 2.22. The van der Waals surface area contributed by atoms with Crippen molar-refractivity contribution in [3.63, 3.8) is 0 Å². The van der Waals surface area contributed by atoms with Gasteiger partial charge in [-0.3, -0.25) is 0 Å². The molecule has 0 amide bonds. The number of hydrogen-bond donors (Lipinski definition) is 0. The molecule has 0 spiro atoms. The molecular weight excluding hydrogens is 276 g/mol. The molecule has 2 aromatic carbocycles. The molecule has 0 saturated heterocycles. The Bertz CT molecular complexity index is 787. The zero-order chi connectivity index (χ0) is 16.4. The molecular formula is C23H26. The minimum Gasteiger partial charge on any atom is -0.0666 e. The lowest BCUT2D eigenvalue weighted by atomic mass is 9.91. The van der Waals surface area contributed by atoms with E-state index in [0.717, 1.165) is 12.8 Å². The van der Waals surface area contributed by atoms with Gasteiger partial charge in [-0.2, -0.15) is 0 Å². The van der Waals surface area contributed by atoms with Crippen molar-refractivity contribution in [2.75, 3.05) is 0 Å². The lowest BCUT2D eigenvalue weighted by Gasteiger charge is -2.14. The van der Waals surface area contributed by atoms with Crippen molar-refractivity contribution >= 4 is 11.6 Å². The van der Waals surface area contributed by atoms with Gasteiger partial charge < -0.3 is 0 Å². The van der Waals surface area contributed by atoms with Crippen molar-refractivity contribution < 1.29 is 0 Å². The summed E-state index contributed by atoms with van der Waals surface area (Å²) in [5.41, 5.74) is 11.3. The van der Waals surface area contributed by atoms with Crippen LogP contribution in [0.2, 0.25) is 0 Å². The second-order valence-electron chi connectivity index (χ2n) is 6.71. The van der Waals surface area contributed by atoms with Crippen LogP contribution >= 0.6 is 0 Å². The molecule has 2 aromatic rings. The zero-order valence-corrected chi connectivity index (χ0v) is 14.7. The maximum atomic E-state index is 2.38. The van der Waals surface area contributed by atoms with Gasteiger partial charge in [0.15, 0.2) is 0 Å². The zero-order valence-electron chi connectivity index (χ0n) is 14.7. The molecule has 0 aliphatic heterocycles. The van der Waals surface area contributed by atoms with E-state index in [2.05, 4.69) is 76.2 Å². The Morgan fingerprint density at radius 3 is 2.43 bits per heavy atom. The van der Waals surface area contributed by atoms with E-state index in [9.17, 15) is 0 Å². The van der Waals surface area contributed by atoms with E-state index in [0.29, 0.717) is 0 Å². The van der Waals surface area contributed by atoms with E-state index in [-0.39, 0.29) is 0 Å². The van der Waals surface area contributed by atoms with Crippen LogP contribution in [0.15, 0.2) is 53.6 Å². The molecule has 0 heteroatoms. The van der Waals surface area contributed by atoms with E-state index >= 15 is 0 Å². The predicted molar refractivity (Wildman–Crippen MR) is 102 cm³/mol. The minimum absolute atomic E-state index is 1.14. The predicted octanol–water partition coefficient (Wildman–Crippen LogP) is 6.52. The first kappa shape index (κ1) is 15.8. The van der Waals surface area contributed by atoms with Gasteiger partial charge in [-0.1, -0.05) is 66.1 Å². The van der Waals surface area contributed by atoms with E-state index in [1.54, 1.807) is 5.57 Å². The molecule has 23 heavy (non-hydrogen) atoms. The summed E-state index contributed by atoms with van der Waals surface area (Å²) in [7, 11) is 0. The monoisotopic (exact) mass is 302 g/mol. The lowest BCUT2D eigenvalue weighted by Crippen LogP contribution is -1.93. The minimum atomic E-state index is 1.14. The first-order valence-corrected chi connectivity index (χ1v) is 8.65. The molecule has 3 rings (SSSR count). The summed E-state index contributed by atoms with van der Waals surface area (Å²) in [6.07, 6.45) is 5.86. The topological polar surface area (TPSA) is 0 Å². The van der Waals surface area contributed by atoms with Gasteiger partial charge in [0.2, 0.25) is 0 Å². The molecule has 0 heterocycles. The smallest absolute Gasteiger partial charge is 0.0146 e. The Morgan fingerprint density at radius 1 is 0.913 bits per heavy atom. The van der Waals surface area contributed by atoms with Gasteiger partial charge in [0.1, 0.15) is 0 Å². The van der Waals surface area contributed by atoms with Crippen LogP contribution in [0.25, 0.3) is 11.6 Å². The molecule has 0 N–H and O–H groups in total. The second kappa shape index (κ2) is 6.58. The van der Waals surface area contributed by atoms with Crippen molar-refractivity contribution in [3.05, 3.63) is 81.4 Å². The fraction of sp³-hybridized carbons (Fsp3) is 0.304. The largest absolute Gasteiger partial charge is 0.0666 e. The number of benzene rings is 2. The number of allylic oxidation sites excluding steroid dienone is 3. The Kier molecular flexibility index (Phi) is 4.52. The highest BCUT2D eigenvalue weighted by atomic mass is 14.2. The van der Waals surface area contributed by atoms with Crippen molar-refractivity contribution in [1.29, 1.82) is 0 Å². The summed E-state index contributed by atoms with van der Waals surface area (Å²) in [5, 5.41) is 0. The molecule has 0 bridgehead atoms. The summed E-state index contributed by atoms with van der Waals surface area (Å²) < 4.78 is 0. The molecule has 118 valence electrons. The third kappa shape index (κ3) is 3.32.